The number of hydrogen-bond acceptors (Lipinski definition) is 4. The molecule has 5 heteroatoms. The van der Waals surface area contributed by atoms with Crippen LogP contribution in [0.1, 0.15) is 0 Å². The van der Waals surface area contributed by atoms with Crippen molar-refractivity contribution in [2.75, 3.05) is 18.9 Å². The Balaban J connectivity index is 1.35. The van der Waals surface area contributed by atoms with E-state index >= 15 is 0 Å². The van der Waals surface area contributed by atoms with Gasteiger partial charge in [-0.25, -0.2) is 0 Å². The van der Waals surface area contributed by atoms with E-state index in [2.05, 4.69) is 10.2 Å². The average Bonchev–Trinajstić information content (AvgIpc) is 3.23. The van der Waals surface area contributed by atoms with Crippen LogP contribution in [0.25, 0.3) is 22.5 Å². The Hall–Kier alpha value is -3.73. The van der Waals surface area contributed by atoms with Gasteiger partial charge in [-0.15, -0.1) is 0 Å². The van der Waals surface area contributed by atoms with Gasteiger partial charge in [-0.3, -0.25) is 5.10 Å². The fourth-order valence-corrected chi connectivity index (χ4v) is 2.91. The molecule has 0 aliphatic rings. The first-order valence-electron chi connectivity index (χ1n) is 9.11. The number of aromatic nitrogens is 2. The number of para-hydroxylation sites is 2. The third-order valence-electron chi connectivity index (χ3n) is 4.34. The van der Waals surface area contributed by atoms with Gasteiger partial charge in [0.05, 0.1) is 11.4 Å². The highest BCUT2D eigenvalue weighted by molar-refractivity contribution is 5.76. The number of anilines is 1. The van der Waals surface area contributed by atoms with Crippen molar-refractivity contribution in [3.63, 3.8) is 0 Å². The molecule has 0 saturated carbocycles. The summed E-state index contributed by atoms with van der Waals surface area (Å²) in [7, 11) is 0. The van der Waals surface area contributed by atoms with Crippen LogP contribution < -0.4 is 15.2 Å². The second-order valence-corrected chi connectivity index (χ2v) is 6.29. The fourth-order valence-electron chi connectivity index (χ4n) is 2.91. The van der Waals surface area contributed by atoms with Crippen molar-refractivity contribution in [2.24, 2.45) is 0 Å². The lowest BCUT2D eigenvalue weighted by atomic mass is 10.1. The highest BCUT2D eigenvalue weighted by Gasteiger charge is 2.08. The van der Waals surface area contributed by atoms with Crippen molar-refractivity contribution in [3.05, 3.63) is 84.9 Å². The molecule has 0 atom stereocenters. The Kier molecular flexibility index (Phi) is 5.24. The monoisotopic (exact) mass is 371 g/mol. The topological polar surface area (TPSA) is 73.2 Å². The largest absolute Gasteiger partial charge is 0.490 e. The van der Waals surface area contributed by atoms with Crippen molar-refractivity contribution in [1.29, 1.82) is 0 Å². The number of ether oxygens (including phenoxy) is 2. The van der Waals surface area contributed by atoms with Crippen LogP contribution in [-0.2, 0) is 0 Å². The summed E-state index contributed by atoms with van der Waals surface area (Å²) in [4.78, 5) is 0. The quantitative estimate of drug-likeness (QED) is 0.362. The number of nitrogens with two attached hydrogens (primary N) is 1. The maximum Gasteiger partial charge on any atom is 0.122 e. The third-order valence-corrected chi connectivity index (χ3v) is 4.34. The smallest absolute Gasteiger partial charge is 0.122 e. The lowest BCUT2D eigenvalue weighted by molar-refractivity contribution is 0.217. The number of nitrogens with one attached hydrogen (secondary N) is 1. The molecule has 3 aromatic carbocycles. The van der Waals surface area contributed by atoms with Crippen molar-refractivity contribution in [1.82, 2.24) is 10.2 Å². The Morgan fingerprint density at radius 1 is 0.750 bits per heavy atom. The lowest BCUT2D eigenvalue weighted by Gasteiger charge is -2.08. The van der Waals surface area contributed by atoms with Crippen LogP contribution in [0.4, 0.5) is 5.69 Å². The molecule has 0 aliphatic carbocycles. The van der Waals surface area contributed by atoms with Gasteiger partial charge in [-0.2, -0.15) is 5.10 Å². The van der Waals surface area contributed by atoms with Gasteiger partial charge < -0.3 is 15.2 Å². The van der Waals surface area contributed by atoms with E-state index in [1.165, 1.54) is 0 Å². The SMILES string of the molecule is Nc1ccccc1-c1cc(-c2ccc(OCCOc3ccccc3)cc2)n[nH]1. The van der Waals surface area contributed by atoms with E-state index in [4.69, 9.17) is 15.2 Å². The normalized spacial score (nSPS) is 10.6. The van der Waals surface area contributed by atoms with E-state index in [9.17, 15) is 0 Å². The van der Waals surface area contributed by atoms with Gasteiger partial charge in [0.25, 0.3) is 0 Å². The van der Waals surface area contributed by atoms with E-state index in [1.54, 1.807) is 0 Å². The first kappa shape index (κ1) is 17.7. The summed E-state index contributed by atoms with van der Waals surface area (Å²) in [5.74, 6) is 1.64. The Morgan fingerprint density at radius 3 is 2.11 bits per heavy atom. The van der Waals surface area contributed by atoms with Crippen LogP contribution in [-0.4, -0.2) is 23.4 Å². The summed E-state index contributed by atoms with van der Waals surface area (Å²) in [6.07, 6.45) is 0. The minimum Gasteiger partial charge on any atom is -0.490 e. The number of hydrogen-bond donors (Lipinski definition) is 2. The van der Waals surface area contributed by atoms with Gasteiger partial charge in [0.15, 0.2) is 0 Å². The molecule has 5 nitrogen and oxygen atoms in total. The summed E-state index contributed by atoms with van der Waals surface area (Å²) in [5.41, 5.74) is 10.5. The second-order valence-electron chi connectivity index (χ2n) is 6.29. The number of H-pyrrole nitrogens is 1. The molecule has 0 saturated heterocycles. The van der Waals surface area contributed by atoms with E-state index < -0.39 is 0 Å². The molecule has 0 radical (unpaired) electrons. The van der Waals surface area contributed by atoms with E-state index in [1.807, 2.05) is 84.9 Å². The zero-order valence-electron chi connectivity index (χ0n) is 15.3. The average molecular weight is 371 g/mol. The first-order chi connectivity index (χ1) is 13.8. The van der Waals surface area contributed by atoms with E-state index in [0.717, 1.165) is 39.7 Å². The summed E-state index contributed by atoms with van der Waals surface area (Å²) >= 11 is 0. The minimum atomic E-state index is 0.480. The lowest BCUT2D eigenvalue weighted by Crippen LogP contribution is -2.08. The minimum absolute atomic E-state index is 0.480. The third kappa shape index (κ3) is 4.15. The Morgan fingerprint density at radius 2 is 1.39 bits per heavy atom. The van der Waals surface area contributed by atoms with Gasteiger partial charge >= 0.3 is 0 Å². The number of nitrogen functional groups attached to an aromatic ring is 1. The molecule has 4 rings (SSSR count). The fraction of sp³-hybridized carbons (Fsp3) is 0.0870. The molecule has 1 aromatic heterocycles. The summed E-state index contributed by atoms with van der Waals surface area (Å²) in [6, 6.07) is 27.3. The number of benzene rings is 3. The van der Waals surface area contributed by atoms with Crippen LogP contribution >= 0.6 is 0 Å². The van der Waals surface area contributed by atoms with Crippen molar-refractivity contribution >= 4 is 5.69 Å². The zero-order chi connectivity index (χ0) is 19.2. The Labute approximate surface area is 163 Å². The molecule has 0 fully saturated rings. The predicted molar refractivity (Wildman–Crippen MR) is 111 cm³/mol. The number of rotatable bonds is 7. The summed E-state index contributed by atoms with van der Waals surface area (Å²) in [5, 5.41) is 7.46. The molecule has 0 unspecified atom stereocenters. The van der Waals surface area contributed by atoms with Gasteiger partial charge in [0.2, 0.25) is 0 Å². The Bertz CT molecular complexity index is 1030. The van der Waals surface area contributed by atoms with E-state index in [-0.39, 0.29) is 0 Å². The number of aromatic amines is 1. The van der Waals surface area contributed by atoms with Crippen LogP contribution in [0.15, 0.2) is 84.9 Å². The second kappa shape index (κ2) is 8.31. The van der Waals surface area contributed by atoms with Crippen molar-refractivity contribution in [3.8, 4) is 34.0 Å². The van der Waals surface area contributed by atoms with Crippen LogP contribution in [0.2, 0.25) is 0 Å². The predicted octanol–water partition coefficient (Wildman–Crippen LogP) is 4.78. The summed E-state index contributed by atoms with van der Waals surface area (Å²) < 4.78 is 11.4. The molecule has 28 heavy (non-hydrogen) atoms. The maximum absolute atomic E-state index is 6.04. The van der Waals surface area contributed by atoms with Crippen LogP contribution in [0.5, 0.6) is 11.5 Å². The molecular formula is C23H21N3O2. The zero-order valence-corrected chi connectivity index (χ0v) is 15.3. The van der Waals surface area contributed by atoms with Gasteiger partial charge in [-0.05, 0) is 48.5 Å². The maximum atomic E-state index is 6.04. The van der Waals surface area contributed by atoms with Gasteiger partial charge in [0.1, 0.15) is 24.7 Å². The highest BCUT2D eigenvalue weighted by Crippen LogP contribution is 2.28. The van der Waals surface area contributed by atoms with Crippen molar-refractivity contribution < 1.29 is 9.47 Å². The van der Waals surface area contributed by atoms with Crippen LogP contribution in [0, 0.1) is 0 Å². The molecule has 1 heterocycles. The summed E-state index contributed by atoms with van der Waals surface area (Å²) in [6.45, 7) is 0.973. The molecule has 3 N–H and O–H groups in total. The van der Waals surface area contributed by atoms with Gasteiger partial charge in [-0.1, -0.05) is 36.4 Å². The highest BCUT2D eigenvalue weighted by atomic mass is 16.5. The standard InChI is InChI=1S/C23H21N3O2/c24-21-9-5-4-8-20(21)23-16-22(25-26-23)17-10-12-19(13-11-17)28-15-14-27-18-6-2-1-3-7-18/h1-13,16H,14-15,24H2,(H,25,26). The molecule has 140 valence electrons. The van der Waals surface area contributed by atoms with Gasteiger partial charge in [0, 0.05) is 16.8 Å². The molecular weight excluding hydrogens is 350 g/mol. The van der Waals surface area contributed by atoms with Crippen LogP contribution in [0.3, 0.4) is 0 Å². The van der Waals surface area contributed by atoms with Crippen molar-refractivity contribution in [2.45, 2.75) is 0 Å². The molecule has 0 aliphatic heterocycles. The first-order valence-corrected chi connectivity index (χ1v) is 9.11. The van der Waals surface area contributed by atoms with E-state index in [0.29, 0.717) is 13.2 Å². The molecule has 0 bridgehead atoms. The number of nitrogens with zero attached hydrogens (tertiary/aromatic N) is 1. The molecule has 4 aromatic rings. The molecule has 0 spiro atoms. The molecule has 0 amide bonds.